The first-order valence-electron chi connectivity index (χ1n) is 3.98. The van der Waals surface area contributed by atoms with Crippen molar-refractivity contribution in [1.29, 1.82) is 0 Å². The van der Waals surface area contributed by atoms with Crippen LogP contribution in [0.2, 0.25) is 0 Å². The highest BCUT2D eigenvalue weighted by Crippen LogP contribution is 1.86. The van der Waals surface area contributed by atoms with Gasteiger partial charge in [-0.1, -0.05) is 0 Å². The average molecular weight is 189 g/mol. The molecule has 0 saturated carbocycles. The lowest BCUT2D eigenvalue weighted by atomic mass is 10.4. The molecule has 0 spiro atoms. The van der Waals surface area contributed by atoms with E-state index in [-0.39, 0.29) is 12.5 Å². The average Bonchev–Trinajstić information content (AvgIpc) is 2.10. The molecule has 0 aromatic carbocycles. The summed E-state index contributed by atoms with van der Waals surface area (Å²) >= 11 is 0. The lowest BCUT2D eigenvalue weighted by molar-refractivity contribution is -0.128. The van der Waals surface area contributed by atoms with Crippen LogP contribution in [0, 0.1) is 0 Å². The number of rotatable bonds is 5. The Hall–Kier alpha value is -1.30. The number of carboxylic acid groups (broad SMARTS) is 1. The first-order chi connectivity index (χ1) is 6.07. The standard InChI is InChI=1S/C7H15N3O3/c1-10(6(11)5-8)4-2-3-9-7(12)13/h9H,2-5,8H2,1H3,(H,12,13). The van der Waals surface area contributed by atoms with Crippen molar-refractivity contribution in [3.05, 3.63) is 0 Å². The third kappa shape index (κ3) is 5.92. The Labute approximate surface area is 76.7 Å². The van der Waals surface area contributed by atoms with Gasteiger partial charge in [-0.25, -0.2) is 4.79 Å². The molecular weight excluding hydrogens is 174 g/mol. The number of nitrogens with one attached hydrogen (secondary N) is 1. The number of hydrogen-bond acceptors (Lipinski definition) is 3. The number of nitrogens with zero attached hydrogens (tertiary/aromatic N) is 1. The fraction of sp³-hybridized carbons (Fsp3) is 0.714. The summed E-state index contributed by atoms with van der Waals surface area (Å²) in [6, 6.07) is 0. The highest BCUT2D eigenvalue weighted by atomic mass is 16.4. The molecule has 0 aliphatic rings. The van der Waals surface area contributed by atoms with E-state index in [0.717, 1.165) is 0 Å². The van der Waals surface area contributed by atoms with Gasteiger partial charge in [0.25, 0.3) is 0 Å². The van der Waals surface area contributed by atoms with Crippen LogP contribution in [0.25, 0.3) is 0 Å². The summed E-state index contributed by atoms with van der Waals surface area (Å²) < 4.78 is 0. The van der Waals surface area contributed by atoms with Crippen molar-refractivity contribution in [2.75, 3.05) is 26.7 Å². The van der Waals surface area contributed by atoms with Gasteiger partial charge in [0.1, 0.15) is 0 Å². The molecule has 0 aromatic rings. The van der Waals surface area contributed by atoms with Crippen molar-refractivity contribution in [2.45, 2.75) is 6.42 Å². The van der Waals surface area contributed by atoms with Gasteiger partial charge in [0.2, 0.25) is 5.91 Å². The van der Waals surface area contributed by atoms with Crippen LogP contribution in [-0.4, -0.2) is 48.7 Å². The number of carbonyl (C=O) groups is 2. The van der Waals surface area contributed by atoms with Crippen LogP contribution >= 0.6 is 0 Å². The molecule has 76 valence electrons. The summed E-state index contributed by atoms with van der Waals surface area (Å²) in [5, 5.41) is 10.4. The molecule has 2 amide bonds. The smallest absolute Gasteiger partial charge is 0.404 e. The lowest BCUT2D eigenvalue weighted by Gasteiger charge is -2.15. The SMILES string of the molecule is CN(CCCNC(=O)O)C(=O)CN. The number of likely N-dealkylation sites (N-methyl/N-ethyl adjacent to an activating group) is 1. The van der Waals surface area contributed by atoms with Gasteiger partial charge in [0.05, 0.1) is 6.54 Å². The zero-order chi connectivity index (χ0) is 10.3. The zero-order valence-corrected chi connectivity index (χ0v) is 7.62. The summed E-state index contributed by atoms with van der Waals surface area (Å²) in [6.45, 7) is 0.844. The molecule has 0 saturated heterocycles. The van der Waals surface area contributed by atoms with Crippen molar-refractivity contribution < 1.29 is 14.7 Å². The van der Waals surface area contributed by atoms with E-state index in [2.05, 4.69) is 5.32 Å². The van der Waals surface area contributed by atoms with Crippen LogP contribution in [0.15, 0.2) is 0 Å². The van der Waals surface area contributed by atoms with Crippen molar-refractivity contribution in [3.63, 3.8) is 0 Å². The van der Waals surface area contributed by atoms with E-state index in [0.29, 0.717) is 19.5 Å². The van der Waals surface area contributed by atoms with E-state index < -0.39 is 6.09 Å². The molecule has 4 N–H and O–H groups in total. The van der Waals surface area contributed by atoms with Gasteiger partial charge in [-0.15, -0.1) is 0 Å². The molecule has 0 aliphatic carbocycles. The maximum absolute atomic E-state index is 10.9. The lowest BCUT2D eigenvalue weighted by Crippen LogP contribution is -2.35. The normalized spacial score (nSPS) is 9.38. The van der Waals surface area contributed by atoms with Crippen LogP contribution < -0.4 is 11.1 Å². The Morgan fingerprint density at radius 3 is 2.62 bits per heavy atom. The third-order valence-electron chi connectivity index (χ3n) is 1.55. The Bertz CT molecular complexity index is 184. The van der Waals surface area contributed by atoms with Crippen molar-refractivity contribution in [3.8, 4) is 0 Å². The molecule has 0 heterocycles. The Morgan fingerprint density at radius 2 is 2.15 bits per heavy atom. The molecule has 0 aromatic heterocycles. The summed E-state index contributed by atoms with van der Waals surface area (Å²) in [6.07, 6.45) is -0.457. The minimum atomic E-state index is -1.05. The molecule has 0 atom stereocenters. The van der Waals surface area contributed by atoms with Gasteiger partial charge in [-0.3, -0.25) is 4.79 Å². The summed E-state index contributed by atoms with van der Waals surface area (Å²) in [7, 11) is 1.63. The molecule has 0 bridgehead atoms. The van der Waals surface area contributed by atoms with E-state index >= 15 is 0 Å². The summed E-state index contributed by atoms with van der Waals surface area (Å²) in [4.78, 5) is 22.4. The van der Waals surface area contributed by atoms with E-state index in [4.69, 9.17) is 10.8 Å². The maximum Gasteiger partial charge on any atom is 0.404 e. The number of carbonyl (C=O) groups excluding carboxylic acids is 1. The zero-order valence-electron chi connectivity index (χ0n) is 7.62. The van der Waals surface area contributed by atoms with E-state index in [1.54, 1.807) is 7.05 Å². The van der Waals surface area contributed by atoms with Gasteiger partial charge in [0, 0.05) is 20.1 Å². The van der Waals surface area contributed by atoms with E-state index in [1.165, 1.54) is 4.90 Å². The Balaban J connectivity index is 3.42. The monoisotopic (exact) mass is 189 g/mol. The van der Waals surface area contributed by atoms with Crippen LogP contribution in [0.5, 0.6) is 0 Å². The third-order valence-corrected chi connectivity index (χ3v) is 1.55. The van der Waals surface area contributed by atoms with Gasteiger partial charge in [0.15, 0.2) is 0 Å². The number of hydrogen-bond donors (Lipinski definition) is 3. The largest absolute Gasteiger partial charge is 0.465 e. The molecule has 0 fully saturated rings. The second kappa shape index (κ2) is 6.24. The highest BCUT2D eigenvalue weighted by molar-refractivity contribution is 5.77. The molecule has 0 unspecified atom stereocenters. The highest BCUT2D eigenvalue weighted by Gasteiger charge is 2.04. The summed E-state index contributed by atoms with van der Waals surface area (Å²) in [5.74, 6) is -0.143. The minimum absolute atomic E-state index is 0.0111. The number of nitrogens with two attached hydrogens (primary N) is 1. The first-order valence-corrected chi connectivity index (χ1v) is 3.98. The summed E-state index contributed by atoms with van der Waals surface area (Å²) in [5.41, 5.74) is 5.12. The van der Waals surface area contributed by atoms with Crippen molar-refractivity contribution >= 4 is 12.0 Å². The first kappa shape index (κ1) is 11.7. The van der Waals surface area contributed by atoms with E-state index in [9.17, 15) is 9.59 Å². The molecular formula is C7H15N3O3. The predicted octanol–water partition coefficient (Wildman–Crippen LogP) is -0.939. The van der Waals surface area contributed by atoms with Crippen molar-refractivity contribution in [1.82, 2.24) is 10.2 Å². The molecule has 13 heavy (non-hydrogen) atoms. The Morgan fingerprint density at radius 1 is 1.54 bits per heavy atom. The van der Waals surface area contributed by atoms with Crippen LogP contribution in [0.3, 0.4) is 0 Å². The van der Waals surface area contributed by atoms with Gasteiger partial charge >= 0.3 is 6.09 Å². The van der Waals surface area contributed by atoms with Gasteiger partial charge in [-0.2, -0.15) is 0 Å². The van der Waals surface area contributed by atoms with Crippen molar-refractivity contribution in [2.24, 2.45) is 5.73 Å². The topological polar surface area (TPSA) is 95.7 Å². The van der Waals surface area contributed by atoms with Crippen LogP contribution in [0.1, 0.15) is 6.42 Å². The molecule has 0 rings (SSSR count). The van der Waals surface area contributed by atoms with Crippen LogP contribution in [-0.2, 0) is 4.79 Å². The molecule has 0 aliphatic heterocycles. The minimum Gasteiger partial charge on any atom is -0.465 e. The Kier molecular flexibility index (Phi) is 5.62. The second-order valence-electron chi connectivity index (χ2n) is 2.60. The second-order valence-corrected chi connectivity index (χ2v) is 2.60. The fourth-order valence-electron chi connectivity index (χ4n) is 0.792. The molecule has 0 radical (unpaired) electrons. The maximum atomic E-state index is 10.9. The molecule has 6 heteroatoms. The van der Waals surface area contributed by atoms with E-state index in [1.807, 2.05) is 0 Å². The van der Waals surface area contributed by atoms with Gasteiger partial charge in [-0.05, 0) is 6.42 Å². The van der Waals surface area contributed by atoms with Crippen LogP contribution in [0.4, 0.5) is 4.79 Å². The van der Waals surface area contributed by atoms with Gasteiger partial charge < -0.3 is 21.1 Å². The predicted molar refractivity (Wildman–Crippen MR) is 47.3 cm³/mol. The molecule has 6 nitrogen and oxygen atoms in total. The quantitative estimate of drug-likeness (QED) is 0.486. The fourth-order valence-corrected chi connectivity index (χ4v) is 0.792. The number of amides is 2.